The van der Waals surface area contributed by atoms with Gasteiger partial charge in [0.2, 0.25) is 0 Å². The van der Waals surface area contributed by atoms with Gasteiger partial charge in [0.1, 0.15) is 5.69 Å². The molecule has 0 unspecified atom stereocenters. The quantitative estimate of drug-likeness (QED) is 0.350. The number of fused-ring (bicyclic) bond motifs is 1. The smallest absolute Gasteiger partial charge is 0.261 e. The number of sulfonamides is 1. The first-order valence-electron chi connectivity index (χ1n) is 8.68. The highest BCUT2D eigenvalue weighted by molar-refractivity contribution is 7.92. The van der Waals surface area contributed by atoms with Crippen molar-refractivity contribution in [2.75, 3.05) is 4.72 Å². The van der Waals surface area contributed by atoms with Gasteiger partial charge in [0.15, 0.2) is 0 Å². The van der Waals surface area contributed by atoms with Crippen LogP contribution in [-0.2, 0) is 10.0 Å². The number of rotatable bonds is 5. The molecule has 0 saturated carbocycles. The average Bonchev–Trinajstić information content (AvgIpc) is 2.75. The Hall–Kier alpha value is -3.00. The van der Waals surface area contributed by atoms with E-state index < -0.39 is 10.0 Å². The molecule has 1 N–H and O–H groups in total. The second-order valence-corrected chi connectivity index (χ2v) is 8.88. The molecular formula is C21H13Cl2N3O3S. The normalized spacial score (nSPS) is 11.4. The highest BCUT2D eigenvalue weighted by Gasteiger charge is 2.18. The Balaban J connectivity index is 1.76. The lowest BCUT2D eigenvalue weighted by molar-refractivity contribution is 0.601. The van der Waals surface area contributed by atoms with Crippen molar-refractivity contribution in [1.82, 2.24) is 4.98 Å². The Labute approximate surface area is 182 Å². The third-order valence-corrected chi connectivity index (χ3v) is 6.50. The fourth-order valence-electron chi connectivity index (χ4n) is 3.05. The fourth-order valence-corrected chi connectivity index (χ4v) is 4.48. The van der Waals surface area contributed by atoms with E-state index in [0.717, 1.165) is 16.8 Å². The molecule has 0 radical (unpaired) electrons. The van der Waals surface area contributed by atoms with Gasteiger partial charge in [0, 0.05) is 22.8 Å². The second kappa shape index (κ2) is 8.02. The molecule has 0 amide bonds. The minimum atomic E-state index is -3.99. The van der Waals surface area contributed by atoms with Crippen LogP contribution in [0.5, 0.6) is 0 Å². The number of nitrogens with one attached hydrogen (secondary N) is 1. The van der Waals surface area contributed by atoms with Crippen molar-refractivity contribution in [2.45, 2.75) is 4.90 Å². The molecule has 30 heavy (non-hydrogen) atoms. The molecule has 4 rings (SSSR count). The van der Waals surface area contributed by atoms with Crippen LogP contribution >= 0.6 is 23.2 Å². The van der Waals surface area contributed by atoms with Crippen molar-refractivity contribution >= 4 is 55.4 Å². The van der Waals surface area contributed by atoms with Crippen molar-refractivity contribution < 1.29 is 8.42 Å². The van der Waals surface area contributed by atoms with Gasteiger partial charge in [0.05, 0.1) is 20.6 Å². The van der Waals surface area contributed by atoms with Crippen LogP contribution in [0.3, 0.4) is 0 Å². The van der Waals surface area contributed by atoms with Crippen LogP contribution in [0.25, 0.3) is 22.0 Å². The molecule has 150 valence electrons. The van der Waals surface area contributed by atoms with Gasteiger partial charge in [-0.1, -0.05) is 47.5 Å². The van der Waals surface area contributed by atoms with Gasteiger partial charge in [-0.25, -0.2) is 8.42 Å². The third kappa shape index (κ3) is 3.87. The van der Waals surface area contributed by atoms with Crippen LogP contribution in [-0.4, -0.2) is 13.4 Å². The van der Waals surface area contributed by atoms with E-state index in [1.165, 1.54) is 12.1 Å². The summed E-state index contributed by atoms with van der Waals surface area (Å²) < 4.78 is 28.0. The van der Waals surface area contributed by atoms with Gasteiger partial charge in [-0.3, -0.25) is 9.71 Å². The third-order valence-electron chi connectivity index (χ3n) is 4.47. The van der Waals surface area contributed by atoms with E-state index in [1.807, 2.05) is 30.3 Å². The molecule has 6 nitrogen and oxygen atoms in total. The summed E-state index contributed by atoms with van der Waals surface area (Å²) in [4.78, 5) is 15.1. The highest BCUT2D eigenvalue weighted by Crippen LogP contribution is 2.35. The summed E-state index contributed by atoms with van der Waals surface area (Å²) >= 11 is 12.2. The molecule has 0 spiro atoms. The van der Waals surface area contributed by atoms with Crippen LogP contribution in [0.4, 0.5) is 11.4 Å². The number of anilines is 1. The van der Waals surface area contributed by atoms with Crippen molar-refractivity contribution in [1.29, 1.82) is 0 Å². The summed E-state index contributed by atoms with van der Waals surface area (Å²) in [6, 6.07) is 18.1. The van der Waals surface area contributed by atoms with E-state index in [4.69, 9.17) is 23.2 Å². The van der Waals surface area contributed by atoms with E-state index in [-0.39, 0.29) is 15.6 Å². The predicted octanol–water partition coefficient (Wildman–Crippen LogP) is 6.41. The average molecular weight is 458 g/mol. The molecule has 0 bridgehead atoms. The maximum absolute atomic E-state index is 12.8. The molecule has 4 aromatic rings. The summed E-state index contributed by atoms with van der Waals surface area (Å²) in [5.41, 5.74) is 1.36. The monoisotopic (exact) mass is 457 g/mol. The molecule has 0 fully saturated rings. The first kappa shape index (κ1) is 20.3. The lowest BCUT2D eigenvalue weighted by Crippen LogP contribution is -2.13. The van der Waals surface area contributed by atoms with Gasteiger partial charge >= 0.3 is 0 Å². The summed E-state index contributed by atoms with van der Waals surface area (Å²) in [5.74, 6) is 0. The number of hydrogen-bond acceptors (Lipinski definition) is 5. The Morgan fingerprint density at radius 1 is 0.900 bits per heavy atom. The van der Waals surface area contributed by atoms with Gasteiger partial charge < -0.3 is 0 Å². The van der Waals surface area contributed by atoms with Crippen molar-refractivity contribution in [3.8, 4) is 11.3 Å². The first-order valence-corrected chi connectivity index (χ1v) is 10.9. The lowest BCUT2D eigenvalue weighted by Gasteiger charge is -2.12. The Morgan fingerprint density at radius 2 is 1.67 bits per heavy atom. The summed E-state index contributed by atoms with van der Waals surface area (Å²) in [6.07, 6.45) is 1.67. The van der Waals surface area contributed by atoms with Gasteiger partial charge in [-0.2, -0.15) is 0 Å². The highest BCUT2D eigenvalue weighted by atomic mass is 35.5. The van der Waals surface area contributed by atoms with E-state index in [1.54, 1.807) is 24.4 Å². The van der Waals surface area contributed by atoms with Crippen molar-refractivity contribution in [3.05, 3.63) is 87.9 Å². The van der Waals surface area contributed by atoms with E-state index >= 15 is 0 Å². The number of benzene rings is 3. The number of halogens is 2. The number of aromatic nitrogens is 1. The maximum atomic E-state index is 12.8. The lowest BCUT2D eigenvalue weighted by atomic mass is 10.0. The van der Waals surface area contributed by atoms with E-state index in [0.29, 0.717) is 22.0 Å². The molecule has 1 aromatic heterocycles. The van der Waals surface area contributed by atoms with Crippen LogP contribution < -0.4 is 4.72 Å². The number of hydrogen-bond donors (Lipinski definition) is 1. The second-order valence-electron chi connectivity index (χ2n) is 6.39. The Bertz CT molecular complexity index is 1390. The van der Waals surface area contributed by atoms with Crippen molar-refractivity contribution in [2.24, 2.45) is 5.18 Å². The minimum absolute atomic E-state index is 0.0692. The summed E-state index contributed by atoms with van der Waals surface area (Å²) in [6.45, 7) is 0. The zero-order valence-electron chi connectivity index (χ0n) is 15.2. The standard InChI is InChI=1S/C21H13Cl2N3O3S/c22-18-7-5-14(26-30(28,29)15-6-8-19(23)20(12-15)25-27)11-17(18)21-16-4-2-1-3-13(16)9-10-24-21/h1-12,26H. The number of nitroso groups, excluding NO2 is 1. The van der Waals surface area contributed by atoms with Crippen LogP contribution in [0.15, 0.2) is 83.0 Å². The Morgan fingerprint density at radius 3 is 2.47 bits per heavy atom. The SMILES string of the molecule is O=Nc1cc(S(=O)(=O)Nc2ccc(Cl)c(-c3nccc4ccccc34)c2)ccc1Cl. The molecule has 0 aliphatic carbocycles. The molecular weight excluding hydrogens is 445 g/mol. The van der Waals surface area contributed by atoms with Gasteiger partial charge in [-0.05, 0) is 53.0 Å². The number of pyridine rings is 1. The van der Waals surface area contributed by atoms with E-state index in [2.05, 4.69) is 14.9 Å². The predicted molar refractivity (Wildman–Crippen MR) is 120 cm³/mol. The van der Waals surface area contributed by atoms with Crippen LogP contribution in [0.1, 0.15) is 0 Å². The molecule has 9 heteroatoms. The fraction of sp³-hybridized carbons (Fsp3) is 0. The maximum Gasteiger partial charge on any atom is 0.261 e. The molecule has 0 saturated heterocycles. The summed E-state index contributed by atoms with van der Waals surface area (Å²) in [7, 11) is -3.99. The number of nitrogens with zero attached hydrogens (tertiary/aromatic N) is 2. The minimum Gasteiger partial charge on any atom is -0.280 e. The van der Waals surface area contributed by atoms with Crippen LogP contribution in [0, 0.1) is 4.91 Å². The first-order chi connectivity index (χ1) is 14.4. The molecule has 1 heterocycles. The Kier molecular flexibility index (Phi) is 5.42. The largest absolute Gasteiger partial charge is 0.280 e. The molecule has 3 aromatic carbocycles. The molecule has 0 aliphatic rings. The zero-order valence-corrected chi connectivity index (χ0v) is 17.5. The van der Waals surface area contributed by atoms with E-state index in [9.17, 15) is 13.3 Å². The molecule has 0 aliphatic heterocycles. The van der Waals surface area contributed by atoms with Gasteiger partial charge in [0.25, 0.3) is 10.0 Å². The molecule has 0 atom stereocenters. The zero-order chi connectivity index (χ0) is 21.3. The van der Waals surface area contributed by atoms with Gasteiger partial charge in [-0.15, -0.1) is 4.91 Å². The van der Waals surface area contributed by atoms with Crippen LogP contribution in [0.2, 0.25) is 10.0 Å². The topological polar surface area (TPSA) is 88.5 Å². The summed E-state index contributed by atoms with van der Waals surface area (Å²) in [5, 5.41) is 5.12. The van der Waals surface area contributed by atoms with Crippen molar-refractivity contribution in [3.63, 3.8) is 0 Å².